The maximum Gasteiger partial charge on any atom is 0.262 e. The summed E-state index contributed by atoms with van der Waals surface area (Å²) in [5.74, 6) is 0.0129. The minimum absolute atomic E-state index is 0.0129. The number of carbonyl (C=O) groups excluding carboxylic acids is 1. The molecule has 6 heteroatoms. The van der Waals surface area contributed by atoms with Crippen LogP contribution < -0.4 is 5.56 Å². The van der Waals surface area contributed by atoms with E-state index in [4.69, 9.17) is 0 Å². The van der Waals surface area contributed by atoms with Crippen molar-refractivity contribution < 1.29 is 4.79 Å². The number of likely N-dealkylation sites (tertiary alicyclic amines) is 1. The second-order valence-electron chi connectivity index (χ2n) is 6.39. The number of nitrogens with zero attached hydrogens (tertiary/aromatic N) is 3. The van der Waals surface area contributed by atoms with Gasteiger partial charge in [-0.05, 0) is 45.6 Å². The van der Waals surface area contributed by atoms with E-state index in [-0.39, 0.29) is 30.1 Å². The Morgan fingerprint density at radius 3 is 2.70 bits per heavy atom. The van der Waals surface area contributed by atoms with Crippen LogP contribution in [0.2, 0.25) is 0 Å². The van der Waals surface area contributed by atoms with Crippen molar-refractivity contribution in [3.05, 3.63) is 27.6 Å². The van der Waals surface area contributed by atoms with Crippen LogP contribution in [0, 0.1) is 0 Å². The van der Waals surface area contributed by atoms with E-state index in [1.54, 1.807) is 11.3 Å². The molecule has 3 rings (SSSR count). The Bertz CT molecular complexity index is 770. The molecule has 1 amide bonds. The highest BCUT2D eigenvalue weighted by molar-refractivity contribution is 7.18. The summed E-state index contributed by atoms with van der Waals surface area (Å²) in [4.78, 5) is 33.5. The fraction of sp³-hybridized carbons (Fsp3) is 0.588. The van der Waals surface area contributed by atoms with Crippen LogP contribution in [0.1, 0.15) is 44.9 Å². The van der Waals surface area contributed by atoms with E-state index in [1.165, 1.54) is 10.9 Å². The van der Waals surface area contributed by atoms with Crippen LogP contribution in [0.5, 0.6) is 0 Å². The minimum atomic E-state index is -0.114. The molecule has 2 atom stereocenters. The molecule has 2 aromatic rings. The first-order chi connectivity index (χ1) is 11.0. The lowest BCUT2D eigenvalue weighted by atomic mass is 9.97. The molecule has 3 heterocycles. The molecule has 124 valence electrons. The number of carbonyl (C=O) groups is 1. The zero-order chi connectivity index (χ0) is 16.6. The standard InChI is InChI=1S/C17H23N3O2S/c1-4-13-8-14-16(23-13)18-10-19(17(14)22)9-15(21)20-11(2)6-5-7-12(20)3/h8,10-12H,4-7,9H2,1-3H3/t11-,12+. The molecule has 0 aromatic carbocycles. The molecular weight excluding hydrogens is 310 g/mol. The molecule has 5 nitrogen and oxygen atoms in total. The van der Waals surface area contributed by atoms with Crippen LogP contribution >= 0.6 is 11.3 Å². The zero-order valence-electron chi connectivity index (χ0n) is 13.9. The average molecular weight is 333 g/mol. The van der Waals surface area contributed by atoms with Crippen LogP contribution in [0.3, 0.4) is 0 Å². The number of aryl methyl sites for hydroxylation is 1. The van der Waals surface area contributed by atoms with Gasteiger partial charge >= 0.3 is 0 Å². The van der Waals surface area contributed by atoms with Crippen LogP contribution in [0.25, 0.3) is 10.2 Å². The first-order valence-electron chi connectivity index (χ1n) is 8.30. The van der Waals surface area contributed by atoms with Crippen LogP contribution in [0.15, 0.2) is 17.2 Å². The quantitative estimate of drug-likeness (QED) is 0.868. The molecule has 0 bridgehead atoms. The van der Waals surface area contributed by atoms with Crippen molar-refractivity contribution in [2.24, 2.45) is 0 Å². The number of thiophene rings is 1. The van der Waals surface area contributed by atoms with Gasteiger partial charge in [0, 0.05) is 17.0 Å². The molecule has 0 unspecified atom stereocenters. The first kappa shape index (κ1) is 16.2. The van der Waals surface area contributed by atoms with Crippen LogP contribution in [0.4, 0.5) is 0 Å². The highest BCUT2D eigenvalue weighted by atomic mass is 32.1. The zero-order valence-corrected chi connectivity index (χ0v) is 14.7. The summed E-state index contributed by atoms with van der Waals surface area (Å²) >= 11 is 1.55. The largest absolute Gasteiger partial charge is 0.336 e. The van der Waals surface area contributed by atoms with E-state index in [2.05, 4.69) is 25.8 Å². The third-order valence-corrected chi connectivity index (χ3v) is 5.89. The molecule has 1 aliphatic heterocycles. The second-order valence-corrected chi connectivity index (χ2v) is 7.51. The topological polar surface area (TPSA) is 55.2 Å². The Morgan fingerprint density at radius 2 is 2.04 bits per heavy atom. The smallest absolute Gasteiger partial charge is 0.262 e. The summed E-state index contributed by atoms with van der Waals surface area (Å²) in [6, 6.07) is 2.39. The van der Waals surface area contributed by atoms with E-state index in [0.717, 1.165) is 35.4 Å². The second kappa shape index (κ2) is 6.43. The molecule has 1 aliphatic rings. The van der Waals surface area contributed by atoms with E-state index < -0.39 is 0 Å². The number of piperidine rings is 1. The summed E-state index contributed by atoms with van der Waals surface area (Å²) < 4.78 is 1.45. The van der Waals surface area contributed by atoms with Crippen molar-refractivity contribution in [3.63, 3.8) is 0 Å². The minimum Gasteiger partial charge on any atom is -0.336 e. The van der Waals surface area contributed by atoms with E-state index in [1.807, 2.05) is 11.0 Å². The van der Waals surface area contributed by atoms with Gasteiger partial charge in [0.2, 0.25) is 5.91 Å². The molecule has 0 N–H and O–H groups in total. The number of hydrogen-bond donors (Lipinski definition) is 0. The fourth-order valence-corrected chi connectivity index (χ4v) is 4.36. The lowest BCUT2D eigenvalue weighted by molar-refractivity contribution is -0.138. The summed E-state index contributed by atoms with van der Waals surface area (Å²) in [7, 11) is 0. The van der Waals surface area contributed by atoms with Crippen molar-refractivity contribution in [3.8, 4) is 0 Å². The van der Waals surface area contributed by atoms with Gasteiger partial charge in [-0.1, -0.05) is 6.92 Å². The Morgan fingerprint density at radius 1 is 1.35 bits per heavy atom. The van der Waals surface area contributed by atoms with Gasteiger partial charge in [0.15, 0.2) is 0 Å². The Balaban J connectivity index is 1.87. The van der Waals surface area contributed by atoms with Crippen molar-refractivity contribution in [1.82, 2.24) is 14.5 Å². The van der Waals surface area contributed by atoms with E-state index in [0.29, 0.717) is 5.39 Å². The predicted octanol–water partition coefficient (Wildman–Crippen LogP) is 2.81. The van der Waals surface area contributed by atoms with Gasteiger partial charge in [-0.2, -0.15) is 0 Å². The maximum absolute atomic E-state index is 12.7. The van der Waals surface area contributed by atoms with Crippen molar-refractivity contribution >= 4 is 27.5 Å². The highest BCUT2D eigenvalue weighted by Gasteiger charge is 2.29. The van der Waals surface area contributed by atoms with Gasteiger partial charge in [0.25, 0.3) is 5.56 Å². The number of aromatic nitrogens is 2. The van der Waals surface area contributed by atoms with Gasteiger partial charge in [-0.3, -0.25) is 14.2 Å². The predicted molar refractivity (Wildman–Crippen MR) is 92.9 cm³/mol. The Labute approximate surface area is 139 Å². The number of fused-ring (bicyclic) bond motifs is 1. The number of rotatable bonds is 3. The maximum atomic E-state index is 12.7. The average Bonchev–Trinajstić information content (AvgIpc) is 2.94. The lowest BCUT2D eigenvalue weighted by Crippen LogP contribution is -2.49. The van der Waals surface area contributed by atoms with Crippen molar-refractivity contribution in [2.75, 3.05) is 0 Å². The first-order valence-corrected chi connectivity index (χ1v) is 9.12. The molecule has 23 heavy (non-hydrogen) atoms. The summed E-state index contributed by atoms with van der Waals surface area (Å²) in [5.41, 5.74) is -0.114. The molecule has 0 radical (unpaired) electrons. The third kappa shape index (κ3) is 3.04. The summed E-state index contributed by atoms with van der Waals surface area (Å²) in [5, 5.41) is 0.627. The molecule has 2 aromatic heterocycles. The molecule has 0 spiro atoms. The fourth-order valence-electron chi connectivity index (χ4n) is 3.44. The van der Waals surface area contributed by atoms with E-state index in [9.17, 15) is 9.59 Å². The normalized spacial score (nSPS) is 21.8. The number of amides is 1. The lowest BCUT2D eigenvalue weighted by Gasteiger charge is -2.39. The summed E-state index contributed by atoms with van der Waals surface area (Å²) in [6.07, 6.45) is 5.63. The van der Waals surface area contributed by atoms with E-state index >= 15 is 0 Å². The Hall–Kier alpha value is -1.69. The molecule has 1 fully saturated rings. The Kier molecular flexibility index (Phi) is 4.53. The molecule has 1 saturated heterocycles. The molecular formula is C17H23N3O2S. The monoisotopic (exact) mass is 333 g/mol. The highest BCUT2D eigenvalue weighted by Crippen LogP contribution is 2.23. The van der Waals surface area contributed by atoms with Gasteiger partial charge < -0.3 is 4.90 Å². The number of hydrogen-bond acceptors (Lipinski definition) is 4. The van der Waals surface area contributed by atoms with Gasteiger partial charge in [-0.15, -0.1) is 11.3 Å². The van der Waals surface area contributed by atoms with Crippen LogP contribution in [-0.4, -0.2) is 32.4 Å². The third-order valence-electron chi connectivity index (χ3n) is 4.70. The summed E-state index contributed by atoms with van der Waals surface area (Å²) in [6.45, 7) is 6.31. The van der Waals surface area contributed by atoms with Gasteiger partial charge in [-0.25, -0.2) is 4.98 Å². The molecule has 0 aliphatic carbocycles. The van der Waals surface area contributed by atoms with Crippen molar-refractivity contribution in [1.29, 1.82) is 0 Å². The SMILES string of the molecule is CCc1cc2c(=O)n(CC(=O)N3[C@H](C)CCC[C@@H]3C)cnc2s1. The van der Waals surface area contributed by atoms with Gasteiger partial charge in [0.05, 0.1) is 11.7 Å². The van der Waals surface area contributed by atoms with Gasteiger partial charge in [0.1, 0.15) is 11.4 Å². The van der Waals surface area contributed by atoms with Crippen LogP contribution in [-0.2, 0) is 17.8 Å². The van der Waals surface area contributed by atoms with Crippen molar-refractivity contribution in [2.45, 2.75) is 65.1 Å². The molecule has 0 saturated carbocycles.